The van der Waals surface area contributed by atoms with Crippen LogP contribution in [0.1, 0.15) is 43.6 Å². The minimum atomic E-state index is -0.525. The second-order valence-corrected chi connectivity index (χ2v) is 13.3. The Morgan fingerprint density at radius 2 is 1.35 bits per heavy atom. The zero-order chi connectivity index (χ0) is 35.7. The highest BCUT2D eigenvalue weighted by atomic mass is 32.2. The molecule has 0 aliphatic heterocycles. The number of aryl methyl sites for hydroxylation is 3. The Morgan fingerprint density at radius 3 is 2.04 bits per heavy atom. The summed E-state index contributed by atoms with van der Waals surface area (Å²) in [4.78, 5) is 41.3. The van der Waals surface area contributed by atoms with Crippen LogP contribution in [0.3, 0.4) is 0 Å². The van der Waals surface area contributed by atoms with Gasteiger partial charge in [-0.2, -0.15) is 0 Å². The lowest BCUT2D eigenvalue weighted by Crippen LogP contribution is -2.30. The van der Waals surface area contributed by atoms with E-state index in [1.807, 2.05) is 118 Å². The van der Waals surface area contributed by atoms with Gasteiger partial charge in [-0.1, -0.05) is 96.1 Å². The van der Waals surface area contributed by atoms with Crippen molar-refractivity contribution in [3.8, 4) is 11.3 Å². The van der Waals surface area contributed by atoms with Crippen LogP contribution in [-0.2, 0) is 9.59 Å². The highest BCUT2D eigenvalue weighted by molar-refractivity contribution is 8.00. The lowest BCUT2D eigenvalue weighted by molar-refractivity contribution is -0.116. The summed E-state index contributed by atoms with van der Waals surface area (Å²) in [5.74, 6) is -0.0482. The van der Waals surface area contributed by atoms with Crippen molar-refractivity contribution in [2.75, 3.05) is 10.6 Å². The molecule has 0 bridgehead atoms. The number of hydrogen-bond acceptors (Lipinski definition) is 5. The molecule has 254 valence electrons. The third-order valence-electron chi connectivity index (χ3n) is 8.12. The van der Waals surface area contributed by atoms with E-state index in [1.165, 1.54) is 17.8 Å². The summed E-state index contributed by atoms with van der Waals surface area (Å²) in [6.07, 6.45) is 1.51. The summed E-state index contributed by atoms with van der Waals surface area (Å²) in [6, 6.07) is 43.0. The maximum atomic E-state index is 13.7. The van der Waals surface area contributed by atoms with Gasteiger partial charge in [-0.3, -0.25) is 14.4 Å². The molecular weight excluding hydrogens is 655 g/mol. The number of benzene rings is 5. The molecule has 1 heterocycles. The second kappa shape index (κ2) is 16.1. The number of amides is 3. The largest absolute Gasteiger partial charge is 0.457 e. The molecule has 0 saturated heterocycles. The highest BCUT2D eigenvalue weighted by Gasteiger charge is 2.23. The molecule has 3 amide bonds. The third kappa shape index (κ3) is 9.12. The Labute approximate surface area is 301 Å². The smallest absolute Gasteiger partial charge is 0.272 e. The quantitative estimate of drug-likeness (QED) is 0.0928. The van der Waals surface area contributed by atoms with E-state index in [-0.39, 0.29) is 11.6 Å². The van der Waals surface area contributed by atoms with Crippen LogP contribution in [0, 0.1) is 20.8 Å². The van der Waals surface area contributed by atoms with E-state index in [9.17, 15) is 14.4 Å². The molecule has 7 nitrogen and oxygen atoms in total. The number of carbonyl (C=O) groups is 3. The average molecular weight is 692 g/mol. The summed E-state index contributed by atoms with van der Waals surface area (Å²) in [5, 5.41) is 8.23. The molecule has 51 heavy (non-hydrogen) atoms. The van der Waals surface area contributed by atoms with Crippen LogP contribution in [-0.4, -0.2) is 17.7 Å². The summed E-state index contributed by atoms with van der Waals surface area (Å²) >= 11 is 1.42. The number of hydrogen-bond donors (Lipinski definition) is 3. The fourth-order valence-corrected chi connectivity index (χ4v) is 6.42. The minimum absolute atomic E-state index is 0.0133. The maximum Gasteiger partial charge on any atom is 0.272 e. The van der Waals surface area contributed by atoms with Crippen molar-refractivity contribution >= 4 is 46.9 Å². The van der Waals surface area contributed by atoms with E-state index in [4.69, 9.17) is 4.42 Å². The number of rotatable bonds is 11. The van der Waals surface area contributed by atoms with Crippen LogP contribution in [0.25, 0.3) is 17.4 Å². The Hall–Kier alpha value is -6.12. The summed E-state index contributed by atoms with van der Waals surface area (Å²) < 4.78 is 6.04. The number of anilines is 2. The molecule has 0 aliphatic carbocycles. The van der Waals surface area contributed by atoms with Gasteiger partial charge in [-0.15, -0.1) is 11.8 Å². The van der Waals surface area contributed by atoms with E-state index in [0.717, 1.165) is 38.4 Å². The number of furan rings is 1. The molecule has 0 radical (unpaired) electrons. The Balaban J connectivity index is 1.20. The van der Waals surface area contributed by atoms with Crippen molar-refractivity contribution in [1.82, 2.24) is 5.32 Å². The second-order valence-electron chi connectivity index (χ2n) is 12.1. The Bertz CT molecular complexity index is 2180. The minimum Gasteiger partial charge on any atom is -0.457 e. The SMILES string of the molecule is Cc1ccc(-c2ccc(C=C(NC(=O)c3ccccc3)C(=O)Nc3ccc(SC(C(=O)Nc4ccc(C)cc4C)c4ccccc4)cc3)o2)cc1. The van der Waals surface area contributed by atoms with Crippen LogP contribution in [0.4, 0.5) is 11.4 Å². The van der Waals surface area contributed by atoms with Gasteiger partial charge in [-0.05, 0) is 86.5 Å². The predicted molar refractivity (Wildman–Crippen MR) is 205 cm³/mol. The highest BCUT2D eigenvalue weighted by Crippen LogP contribution is 2.37. The van der Waals surface area contributed by atoms with Gasteiger partial charge in [0.1, 0.15) is 22.5 Å². The first kappa shape index (κ1) is 34.7. The first-order chi connectivity index (χ1) is 24.7. The van der Waals surface area contributed by atoms with Crippen molar-refractivity contribution in [2.24, 2.45) is 0 Å². The molecule has 1 aromatic heterocycles. The number of nitrogens with one attached hydrogen (secondary N) is 3. The van der Waals surface area contributed by atoms with Crippen LogP contribution < -0.4 is 16.0 Å². The van der Waals surface area contributed by atoms with Gasteiger partial charge in [0.25, 0.3) is 11.8 Å². The maximum absolute atomic E-state index is 13.7. The number of thioether (sulfide) groups is 1. The van der Waals surface area contributed by atoms with Gasteiger partial charge >= 0.3 is 0 Å². The van der Waals surface area contributed by atoms with Crippen LogP contribution in [0.2, 0.25) is 0 Å². The monoisotopic (exact) mass is 691 g/mol. The van der Waals surface area contributed by atoms with Crippen LogP contribution in [0.15, 0.2) is 155 Å². The van der Waals surface area contributed by atoms with Crippen molar-refractivity contribution in [1.29, 1.82) is 0 Å². The molecule has 3 N–H and O–H groups in total. The van der Waals surface area contributed by atoms with Gasteiger partial charge in [-0.25, -0.2) is 0 Å². The molecule has 0 fully saturated rings. The van der Waals surface area contributed by atoms with Crippen molar-refractivity contribution < 1.29 is 18.8 Å². The van der Waals surface area contributed by atoms with E-state index >= 15 is 0 Å². The van der Waals surface area contributed by atoms with Crippen molar-refractivity contribution in [2.45, 2.75) is 30.9 Å². The first-order valence-electron chi connectivity index (χ1n) is 16.5. The Kier molecular flexibility index (Phi) is 10.9. The van der Waals surface area contributed by atoms with E-state index in [0.29, 0.717) is 22.8 Å². The topological polar surface area (TPSA) is 100 Å². The number of carbonyl (C=O) groups excluding carboxylic acids is 3. The zero-order valence-electron chi connectivity index (χ0n) is 28.5. The standard InChI is InChI=1S/C43H37N3O4S/c1-28-14-17-31(18-15-28)39-25-21-35(50-39)27-38(46-41(47)33-12-8-5-9-13-33)42(48)44-34-19-22-36(23-20-34)51-40(32-10-6-4-7-11-32)43(49)45-37-24-16-29(2)26-30(37)3/h4-27,40H,1-3H3,(H,44,48)(H,45,49)(H,46,47). The Morgan fingerprint density at radius 1 is 0.686 bits per heavy atom. The van der Waals surface area contributed by atoms with Gasteiger partial charge in [0, 0.05) is 33.5 Å². The predicted octanol–water partition coefficient (Wildman–Crippen LogP) is 9.75. The molecule has 6 rings (SSSR count). The van der Waals surface area contributed by atoms with E-state index in [1.54, 1.807) is 42.5 Å². The molecular formula is C43H37N3O4S. The molecule has 0 aliphatic rings. The molecule has 8 heteroatoms. The normalized spacial score (nSPS) is 11.8. The molecule has 0 saturated carbocycles. The summed E-state index contributed by atoms with van der Waals surface area (Å²) in [5.41, 5.74) is 6.73. The van der Waals surface area contributed by atoms with E-state index < -0.39 is 17.1 Å². The average Bonchev–Trinajstić information content (AvgIpc) is 3.61. The van der Waals surface area contributed by atoms with Gasteiger partial charge in [0.15, 0.2) is 0 Å². The molecule has 1 unspecified atom stereocenters. The van der Waals surface area contributed by atoms with Crippen molar-refractivity contribution in [3.63, 3.8) is 0 Å². The van der Waals surface area contributed by atoms with Crippen LogP contribution in [0.5, 0.6) is 0 Å². The third-order valence-corrected chi connectivity index (χ3v) is 9.39. The molecule has 5 aromatic carbocycles. The lowest BCUT2D eigenvalue weighted by atomic mass is 10.1. The van der Waals surface area contributed by atoms with Gasteiger partial charge < -0.3 is 20.4 Å². The lowest BCUT2D eigenvalue weighted by Gasteiger charge is -2.18. The first-order valence-corrected chi connectivity index (χ1v) is 17.4. The summed E-state index contributed by atoms with van der Waals surface area (Å²) in [6.45, 7) is 6.01. The fourth-order valence-electron chi connectivity index (χ4n) is 5.39. The van der Waals surface area contributed by atoms with E-state index in [2.05, 4.69) is 16.0 Å². The van der Waals surface area contributed by atoms with Crippen LogP contribution >= 0.6 is 11.8 Å². The molecule has 0 spiro atoms. The molecule has 1 atom stereocenters. The van der Waals surface area contributed by atoms with Gasteiger partial charge in [0.05, 0.1) is 0 Å². The summed E-state index contributed by atoms with van der Waals surface area (Å²) in [7, 11) is 0. The van der Waals surface area contributed by atoms with Gasteiger partial charge in [0.2, 0.25) is 5.91 Å². The van der Waals surface area contributed by atoms with Crippen molar-refractivity contribution in [3.05, 3.63) is 179 Å². The fraction of sp³-hybridized carbons (Fsp3) is 0.0930. The zero-order valence-corrected chi connectivity index (χ0v) is 29.3. The molecule has 6 aromatic rings.